The van der Waals surface area contributed by atoms with Gasteiger partial charge in [-0.25, -0.2) is 4.68 Å². The average Bonchev–Trinajstić information content (AvgIpc) is 3.34. The number of allylic oxidation sites excluding steroid dienone is 3. The van der Waals surface area contributed by atoms with Gasteiger partial charge in [-0.15, -0.1) is 0 Å². The van der Waals surface area contributed by atoms with Crippen LogP contribution in [0.1, 0.15) is 52.5 Å². The van der Waals surface area contributed by atoms with Gasteiger partial charge in [0.2, 0.25) is 0 Å². The zero-order valence-corrected chi connectivity index (χ0v) is 22.6. The minimum absolute atomic E-state index is 0.0113. The van der Waals surface area contributed by atoms with E-state index in [0.29, 0.717) is 40.8 Å². The fraction of sp³-hybridized carbons (Fsp3) is 0.355. The molecule has 0 fully saturated rings. The number of rotatable bonds is 10. The van der Waals surface area contributed by atoms with Crippen LogP contribution < -0.4 is 10.5 Å². The van der Waals surface area contributed by atoms with E-state index in [1.54, 1.807) is 48.2 Å². The number of nitrogens with one attached hydrogen (secondary N) is 1. The van der Waals surface area contributed by atoms with E-state index in [1.807, 2.05) is 24.3 Å². The molecule has 200 valence electrons. The molecule has 0 unspecified atom stereocenters. The van der Waals surface area contributed by atoms with Gasteiger partial charge in [0.15, 0.2) is 5.60 Å². The van der Waals surface area contributed by atoms with Gasteiger partial charge in [0.05, 0.1) is 22.3 Å². The Kier molecular flexibility index (Phi) is 8.19. The number of fused-ring (bicyclic) bond motifs is 2. The number of hydrogen-bond acceptors (Lipinski definition) is 4. The first-order valence-corrected chi connectivity index (χ1v) is 13.1. The first kappa shape index (κ1) is 27.4. The Morgan fingerprint density at radius 2 is 1.84 bits per heavy atom. The highest BCUT2D eigenvalue weighted by molar-refractivity contribution is 6.07. The van der Waals surface area contributed by atoms with Gasteiger partial charge in [-0.2, -0.15) is 0 Å². The van der Waals surface area contributed by atoms with Crippen LogP contribution in [-0.2, 0) is 10.4 Å². The second-order valence-electron chi connectivity index (χ2n) is 10.3. The molecule has 4 rings (SSSR count). The van der Waals surface area contributed by atoms with E-state index in [9.17, 15) is 19.8 Å². The Balaban J connectivity index is 1.75. The summed E-state index contributed by atoms with van der Waals surface area (Å²) in [4.78, 5) is 28.5. The molecule has 1 aliphatic rings. The summed E-state index contributed by atoms with van der Waals surface area (Å²) in [5.41, 5.74) is 2.78. The third-order valence-electron chi connectivity index (χ3n) is 7.20. The molecule has 2 aromatic carbocycles. The highest BCUT2D eigenvalue weighted by atomic mass is 16.3. The Bertz CT molecular complexity index is 1470. The van der Waals surface area contributed by atoms with Crippen molar-refractivity contribution in [3.63, 3.8) is 0 Å². The fourth-order valence-electron chi connectivity index (χ4n) is 4.95. The second kappa shape index (κ2) is 11.4. The highest BCUT2D eigenvalue weighted by Gasteiger charge is 2.52. The molecule has 3 N–H and O–H groups in total. The van der Waals surface area contributed by atoms with Crippen molar-refractivity contribution in [1.29, 1.82) is 0 Å². The maximum absolute atomic E-state index is 13.8. The van der Waals surface area contributed by atoms with E-state index in [-0.39, 0.29) is 12.2 Å². The fourth-order valence-corrected chi connectivity index (χ4v) is 4.95. The topological polar surface area (TPSA) is 98.6 Å². The number of H-pyrrole nitrogens is 1. The van der Waals surface area contributed by atoms with E-state index in [4.69, 9.17) is 0 Å². The van der Waals surface area contributed by atoms with E-state index < -0.39 is 17.4 Å². The van der Waals surface area contributed by atoms with Crippen LogP contribution in [-0.4, -0.2) is 39.1 Å². The Morgan fingerprint density at radius 3 is 2.55 bits per heavy atom. The van der Waals surface area contributed by atoms with E-state index in [1.165, 1.54) is 15.8 Å². The number of benzene rings is 2. The zero-order chi connectivity index (χ0) is 27.4. The van der Waals surface area contributed by atoms with Crippen LogP contribution in [0.15, 0.2) is 82.7 Å². The molecule has 0 saturated heterocycles. The van der Waals surface area contributed by atoms with Crippen molar-refractivity contribution in [3.05, 3.63) is 93.8 Å². The zero-order valence-electron chi connectivity index (χ0n) is 22.6. The molecule has 0 bridgehead atoms. The van der Waals surface area contributed by atoms with Crippen molar-refractivity contribution >= 4 is 22.5 Å². The molecule has 0 spiro atoms. The molecule has 0 aliphatic carbocycles. The number of carbonyl (C=O) groups is 1. The molecule has 3 aromatic rings. The van der Waals surface area contributed by atoms with Crippen LogP contribution in [0.5, 0.6) is 0 Å². The number of aliphatic hydroxyl groups is 2. The van der Waals surface area contributed by atoms with Gasteiger partial charge in [-0.05, 0) is 70.4 Å². The number of nitrogens with zero attached hydrogens (tertiary/aromatic N) is 2. The first-order chi connectivity index (χ1) is 18.2. The summed E-state index contributed by atoms with van der Waals surface area (Å²) < 4.78 is 1.44. The summed E-state index contributed by atoms with van der Waals surface area (Å²) in [7, 11) is 0. The average molecular weight is 516 g/mol. The first-order valence-electron chi connectivity index (χ1n) is 13.1. The maximum atomic E-state index is 13.8. The standard InChI is InChI=1S/C31H37N3O4/c1-21(2)10-9-11-22(3)17-18-33-28-16-15-24(34-29(36)25-13-5-6-14-27(25)32-34)20-26(28)31(38,30(33)37)23(4)12-7-8-19-35/h5-7,10,12-17,20,23,32,35,38H,8-9,11,18-19H2,1-4H3/b12-7+,22-17+/t23-,31+/m0/s1. The summed E-state index contributed by atoms with van der Waals surface area (Å²) in [6.45, 7) is 8.33. The molecular formula is C31H37N3O4. The quantitative estimate of drug-likeness (QED) is 0.327. The van der Waals surface area contributed by atoms with E-state index in [0.717, 1.165) is 12.8 Å². The molecule has 7 nitrogen and oxygen atoms in total. The third-order valence-corrected chi connectivity index (χ3v) is 7.20. The number of aliphatic hydroxyl groups excluding tert-OH is 1. The molecule has 0 saturated carbocycles. The summed E-state index contributed by atoms with van der Waals surface area (Å²) >= 11 is 0. The van der Waals surface area contributed by atoms with Crippen molar-refractivity contribution in [1.82, 2.24) is 9.78 Å². The number of aromatic amines is 1. The molecule has 2 atom stereocenters. The predicted octanol–water partition coefficient (Wildman–Crippen LogP) is 5.12. The largest absolute Gasteiger partial charge is 0.396 e. The Labute approximate surface area is 223 Å². The minimum atomic E-state index is -1.81. The van der Waals surface area contributed by atoms with Crippen LogP contribution >= 0.6 is 0 Å². The third kappa shape index (κ3) is 5.17. The Morgan fingerprint density at radius 1 is 1.08 bits per heavy atom. The van der Waals surface area contributed by atoms with Crippen LogP contribution in [0.25, 0.3) is 16.6 Å². The van der Waals surface area contributed by atoms with Crippen molar-refractivity contribution in [2.75, 3.05) is 18.1 Å². The van der Waals surface area contributed by atoms with Gasteiger partial charge >= 0.3 is 0 Å². The number of carbonyl (C=O) groups excluding carboxylic acids is 1. The maximum Gasteiger partial charge on any atom is 0.279 e. The lowest BCUT2D eigenvalue weighted by molar-refractivity contribution is -0.139. The van der Waals surface area contributed by atoms with E-state index in [2.05, 4.69) is 31.9 Å². The number of aromatic nitrogens is 2. The number of amides is 1. The summed E-state index contributed by atoms with van der Waals surface area (Å²) in [6.07, 6.45) is 10.0. The lowest BCUT2D eigenvalue weighted by Gasteiger charge is -2.27. The molecule has 0 radical (unpaired) electrons. The van der Waals surface area contributed by atoms with Crippen LogP contribution in [0, 0.1) is 5.92 Å². The number of para-hydroxylation sites is 1. The molecule has 7 heteroatoms. The molecule has 1 aromatic heterocycles. The van der Waals surface area contributed by atoms with Gasteiger partial charge in [0.1, 0.15) is 0 Å². The van der Waals surface area contributed by atoms with Crippen LogP contribution in [0.4, 0.5) is 5.69 Å². The minimum Gasteiger partial charge on any atom is -0.396 e. The van der Waals surface area contributed by atoms with E-state index >= 15 is 0 Å². The van der Waals surface area contributed by atoms with Crippen molar-refractivity contribution in [2.45, 2.75) is 52.6 Å². The lowest BCUT2D eigenvalue weighted by atomic mass is 9.82. The monoisotopic (exact) mass is 515 g/mol. The SMILES string of the molecule is CC(C)=CCC/C(C)=C/CN1C(=O)[C@@](O)([C@@H](C)/C=C/CCO)c2cc(-n3[nH]c4ccccc4c3=O)ccc21. The van der Waals surface area contributed by atoms with Crippen LogP contribution in [0.3, 0.4) is 0 Å². The summed E-state index contributed by atoms with van der Waals surface area (Å²) in [5, 5.41) is 24.8. The second-order valence-corrected chi connectivity index (χ2v) is 10.3. The van der Waals surface area contributed by atoms with Gasteiger partial charge in [0, 0.05) is 24.6 Å². The van der Waals surface area contributed by atoms with Gasteiger partial charge in [-0.1, -0.05) is 54.5 Å². The lowest BCUT2D eigenvalue weighted by Crippen LogP contribution is -2.44. The molecule has 1 aliphatic heterocycles. The smallest absolute Gasteiger partial charge is 0.279 e. The summed E-state index contributed by atoms with van der Waals surface area (Å²) in [5.74, 6) is -0.953. The normalized spacial score (nSPS) is 18.4. The van der Waals surface area contributed by atoms with Crippen molar-refractivity contribution < 1.29 is 15.0 Å². The molecular weight excluding hydrogens is 478 g/mol. The van der Waals surface area contributed by atoms with Crippen LogP contribution in [0.2, 0.25) is 0 Å². The molecule has 1 amide bonds. The summed E-state index contributed by atoms with van der Waals surface area (Å²) in [6, 6.07) is 12.6. The predicted molar refractivity (Wildman–Crippen MR) is 153 cm³/mol. The van der Waals surface area contributed by atoms with Crippen molar-refractivity contribution in [2.24, 2.45) is 5.92 Å². The van der Waals surface area contributed by atoms with Crippen molar-refractivity contribution in [3.8, 4) is 5.69 Å². The Hall–Kier alpha value is -3.68. The van der Waals surface area contributed by atoms with Gasteiger partial charge < -0.3 is 15.1 Å². The van der Waals surface area contributed by atoms with Gasteiger partial charge in [0.25, 0.3) is 11.5 Å². The molecule has 2 heterocycles. The highest BCUT2D eigenvalue weighted by Crippen LogP contribution is 2.46. The molecule has 38 heavy (non-hydrogen) atoms. The van der Waals surface area contributed by atoms with Gasteiger partial charge in [-0.3, -0.25) is 14.7 Å². The number of anilines is 1. The number of hydrogen-bond donors (Lipinski definition) is 3.